The molecule has 0 unspecified atom stereocenters. The number of nitrogens with one attached hydrogen (secondary N) is 1. The summed E-state index contributed by atoms with van der Waals surface area (Å²) in [5.74, 6) is 0.627. The van der Waals surface area contributed by atoms with Gasteiger partial charge in [0.05, 0.1) is 7.11 Å². The second-order valence-corrected chi connectivity index (χ2v) is 4.42. The summed E-state index contributed by atoms with van der Waals surface area (Å²) in [5.41, 5.74) is 7.96. The molecule has 0 bridgehead atoms. The third-order valence-electron chi connectivity index (χ3n) is 2.97. The highest BCUT2D eigenvalue weighted by Crippen LogP contribution is 2.16. The van der Waals surface area contributed by atoms with Crippen molar-refractivity contribution in [1.82, 2.24) is 0 Å². The highest BCUT2D eigenvalue weighted by Gasteiger charge is 2.06. The largest absolute Gasteiger partial charge is 0.497 e. The molecule has 0 fully saturated rings. The fourth-order valence-corrected chi connectivity index (χ4v) is 1.91. The van der Waals surface area contributed by atoms with Gasteiger partial charge in [0.25, 0.3) is 5.91 Å². The third-order valence-corrected chi connectivity index (χ3v) is 2.97. The molecule has 20 heavy (non-hydrogen) atoms. The Morgan fingerprint density at radius 2 is 1.95 bits per heavy atom. The van der Waals surface area contributed by atoms with Crippen LogP contribution in [0.5, 0.6) is 5.75 Å². The fraction of sp³-hybridized carbons (Fsp3) is 0.188. The van der Waals surface area contributed by atoms with Gasteiger partial charge in [-0.3, -0.25) is 4.79 Å². The van der Waals surface area contributed by atoms with Crippen LogP contribution in [0.2, 0.25) is 0 Å². The van der Waals surface area contributed by atoms with Crippen molar-refractivity contribution in [2.75, 3.05) is 19.0 Å². The molecule has 0 aliphatic rings. The molecule has 0 saturated carbocycles. The smallest absolute Gasteiger partial charge is 0.255 e. The Bertz CT molecular complexity index is 579. The van der Waals surface area contributed by atoms with E-state index in [2.05, 4.69) is 5.32 Å². The molecule has 1 amide bonds. The summed E-state index contributed by atoms with van der Waals surface area (Å²) in [4.78, 5) is 12.2. The minimum atomic E-state index is -0.131. The molecule has 0 aliphatic carbocycles. The van der Waals surface area contributed by atoms with E-state index in [1.807, 2.05) is 18.2 Å². The zero-order chi connectivity index (χ0) is 14.4. The second kappa shape index (κ2) is 6.73. The Balaban J connectivity index is 2.08. The van der Waals surface area contributed by atoms with Crippen LogP contribution >= 0.6 is 0 Å². The van der Waals surface area contributed by atoms with E-state index >= 15 is 0 Å². The zero-order valence-electron chi connectivity index (χ0n) is 11.4. The van der Waals surface area contributed by atoms with E-state index in [9.17, 15) is 4.79 Å². The van der Waals surface area contributed by atoms with Gasteiger partial charge in [0.1, 0.15) is 5.75 Å². The highest BCUT2D eigenvalue weighted by atomic mass is 16.5. The summed E-state index contributed by atoms with van der Waals surface area (Å²) in [6.07, 6.45) is 0.768. The van der Waals surface area contributed by atoms with Crippen LogP contribution in [0.1, 0.15) is 15.9 Å². The lowest BCUT2D eigenvalue weighted by Gasteiger charge is -2.07. The summed E-state index contributed by atoms with van der Waals surface area (Å²) in [5, 5.41) is 2.85. The molecule has 0 aliphatic heterocycles. The van der Waals surface area contributed by atoms with Gasteiger partial charge < -0.3 is 15.8 Å². The van der Waals surface area contributed by atoms with Crippen molar-refractivity contribution in [3.8, 4) is 5.75 Å². The molecule has 2 aromatic carbocycles. The lowest BCUT2D eigenvalue weighted by molar-refractivity contribution is 0.102. The standard InChI is InChI=1S/C16H18N2O2/c1-20-15-7-5-14(6-8-15)18-16(19)13-4-2-3-12(11-13)9-10-17/h2-8,11H,9-10,17H2,1H3,(H,18,19). The molecule has 4 nitrogen and oxygen atoms in total. The molecule has 0 aromatic heterocycles. The van der Waals surface area contributed by atoms with Gasteiger partial charge in [-0.05, 0) is 54.9 Å². The van der Waals surface area contributed by atoms with Crippen molar-refractivity contribution in [3.05, 3.63) is 59.7 Å². The molecule has 0 atom stereocenters. The monoisotopic (exact) mass is 270 g/mol. The first-order valence-corrected chi connectivity index (χ1v) is 6.47. The molecule has 0 saturated heterocycles. The predicted octanol–water partition coefficient (Wildman–Crippen LogP) is 2.45. The van der Waals surface area contributed by atoms with Gasteiger partial charge in [-0.15, -0.1) is 0 Å². The Labute approximate surface area is 118 Å². The van der Waals surface area contributed by atoms with E-state index in [4.69, 9.17) is 10.5 Å². The van der Waals surface area contributed by atoms with Crippen LogP contribution in [-0.4, -0.2) is 19.6 Å². The fourth-order valence-electron chi connectivity index (χ4n) is 1.91. The summed E-state index contributed by atoms with van der Waals surface area (Å²) in [6, 6.07) is 14.7. The SMILES string of the molecule is COc1ccc(NC(=O)c2cccc(CCN)c2)cc1. The first kappa shape index (κ1) is 14.1. The van der Waals surface area contributed by atoms with Crippen LogP contribution in [0.3, 0.4) is 0 Å². The average molecular weight is 270 g/mol. The number of hydrogen-bond donors (Lipinski definition) is 2. The highest BCUT2D eigenvalue weighted by molar-refractivity contribution is 6.04. The van der Waals surface area contributed by atoms with Crippen molar-refractivity contribution in [3.63, 3.8) is 0 Å². The van der Waals surface area contributed by atoms with Gasteiger partial charge >= 0.3 is 0 Å². The lowest BCUT2D eigenvalue weighted by atomic mass is 10.1. The maximum Gasteiger partial charge on any atom is 0.255 e. The minimum Gasteiger partial charge on any atom is -0.497 e. The molecule has 0 spiro atoms. The van der Waals surface area contributed by atoms with Gasteiger partial charge in [0.2, 0.25) is 0 Å². The Kier molecular flexibility index (Phi) is 4.74. The van der Waals surface area contributed by atoms with Crippen LogP contribution < -0.4 is 15.8 Å². The molecule has 104 valence electrons. The Morgan fingerprint density at radius 1 is 1.20 bits per heavy atom. The number of amides is 1. The van der Waals surface area contributed by atoms with E-state index in [-0.39, 0.29) is 5.91 Å². The van der Waals surface area contributed by atoms with E-state index in [1.165, 1.54) is 0 Å². The van der Waals surface area contributed by atoms with E-state index in [0.717, 1.165) is 23.4 Å². The Morgan fingerprint density at radius 3 is 2.60 bits per heavy atom. The number of ether oxygens (including phenoxy) is 1. The molecular weight excluding hydrogens is 252 g/mol. The van der Waals surface area contributed by atoms with Crippen molar-refractivity contribution >= 4 is 11.6 Å². The molecule has 2 rings (SSSR count). The minimum absolute atomic E-state index is 0.131. The normalized spacial score (nSPS) is 10.1. The molecule has 4 heteroatoms. The van der Waals surface area contributed by atoms with Crippen LogP contribution in [0.15, 0.2) is 48.5 Å². The van der Waals surface area contributed by atoms with Gasteiger partial charge in [-0.25, -0.2) is 0 Å². The van der Waals surface area contributed by atoms with Crippen molar-refractivity contribution in [2.45, 2.75) is 6.42 Å². The van der Waals surface area contributed by atoms with Crippen LogP contribution in [0.25, 0.3) is 0 Å². The number of nitrogens with two attached hydrogens (primary N) is 1. The predicted molar refractivity (Wildman–Crippen MR) is 80.1 cm³/mol. The number of rotatable bonds is 5. The second-order valence-electron chi connectivity index (χ2n) is 4.42. The summed E-state index contributed by atoms with van der Waals surface area (Å²) < 4.78 is 5.08. The van der Waals surface area contributed by atoms with Gasteiger partial charge in [-0.2, -0.15) is 0 Å². The number of carbonyl (C=O) groups is 1. The van der Waals surface area contributed by atoms with E-state index in [0.29, 0.717) is 12.1 Å². The number of benzene rings is 2. The zero-order valence-corrected chi connectivity index (χ0v) is 11.4. The third kappa shape index (κ3) is 3.59. The number of carbonyl (C=O) groups excluding carboxylic acids is 1. The first-order valence-electron chi connectivity index (χ1n) is 6.47. The quantitative estimate of drug-likeness (QED) is 0.877. The molecular formula is C16H18N2O2. The summed E-state index contributed by atoms with van der Waals surface area (Å²) in [6.45, 7) is 0.573. The van der Waals surface area contributed by atoms with Gasteiger partial charge in [0, 0.05) is 11.3 Å². The van der Waals surface area contributed by atoms with Crippen LogP contribution in [-0.2, 0) is 6.42 Å². The Hall–Kier alpha value is -2.33. The lowest BCUT2D eigenvalue weighted by Crippen LogP contribution is -2.12. The van der Waals surface area contributed by atoms with Gasteiger partial charge in [-0.1, -0.05) is 12.1 Å². The van der Waals surface area contributed by atoms with Crippen LogP contribution in [0, 0.1) is 0 Å². The van der Waals surface area contributed by atoms with E-state index in [1.54, 1.807) is 37.4 Å². The van der Waals surface area contributed by atoms with Crippen molar-refractivity contribution < 1.29 is 9.53 Å². The summed E-state index contributed by atoms with van der Waals surface area (Å²) in [7, 11) is 1.61. The first-order chi connectivity index (χ1) is 9.72. The maximum atomic E-state index is 12.2. The summed E-state index contributed by atoms with van der Waals surface area (Å²) >= 11 is 0. The van der Waals surface area contributed by atoms with Crippen molar-refractivity contribution in [1.29, 1.82) is 0 Å². The van der Waals surface area contributed by atoms with Gasteiger partial charge in [0.15, 0.2) is 0 Å². The number of anilines is 1. The molecule has 0 radical (unpaired) electrons. The molecule has 3 N–H and O–H groups in total. The maximum absolute atomic E-state index is 12.2. The van der Waals surface area contributed by atoms with E-state index < -0.39 is 0 Å². The number of methoxy groups -OCH3 is 1. The number of hydrogen-bond acceptors (Lipinski definition) is 3. The molecule has 0 heterocycles. The molecule has 2 aromatic rings. The van der Waals surface area contributed by atoms with Crippen LogP contribution in [0.4, 0.5) is 5.69 Å². The topological polar surface area (TPSA) is 64.3 Å². The van der Waals surface area contributed by atoms with Crippen molar-refractivity contribution in [2.24, 2.45) is 5.73 Å². The average Bonchev–Trinajstić information content (AvgIpc) is 2.48.